The van der Waals surface area contributed by atoms with Gasteiger partial charge in [-0.25, -0.2) is 4.79 Å². The first-order valence-electron chi connectivity index (χ1n) is 8.04. The topological polar surface area (TPSA) is 60.3 Å². The minimum Gasteiger partial charge on any atom is -0.329 e. The number of fused-ring (bicyclic) bond motifs is 1. The minimum absolute atomic E-state index is 0.00376. The lowest BCUT2D eigenvalue weighted by Gasteiger charge is -2.25. The maximum absolute atomic E-state index is 12.3. The monoisotopic (exact) mass is 343 g/mol. The van der Waals surface area contributed by atoms with E-state index < -0.39 is 18.8 Å². The van der Waals surface area contributed by atoms with Crippen molar-refractivity contribution in [2.75, 3.05) is 32.7 Å². The molecule has 3 aliphatic heterocycles. The molecule has 1 N–H and O–H groups in total. The van der Waals surface area contributed by atoms with Crippen LogP contribution in [0, 0.1) is 11.8 Å². The Labute approximate surface area is 138 Å². The molecule has 0 bridgehead atoms. The molecule has 9 heteroatoms. The Bertz CT molecular complexity index is 598. The van der Waals surface area contributed by atoms with Crippen molar-refractivity contribution in [2.45, 2.75) is 19.5 Å². The highest BCUT2D eigenvalue weighted by atomic mass is 19.4. The number of halogens is 3. The van der Waals surface area contributed by atoms with Crippen molar-refractivity contribution in [3.05, 3.63) is 12.4 Å². The molecule has 3 rings (SSSR count). The summed E-state index contributed by atoms with van der Waals surface area (Å²) < 4.78 is 36.8. The average molecular weight is 343 g/mol. The number of nitrogens with zero attached hydrogens (tertiary/aromatic N) is 4. The summed E-state index contributed by atoms with van der Waals surface area (Å²) in [5.74, 6) is 0.992. The second-order valence-electron chi connectivity index (χ2n) is 6.16. The van der Waals surface area contributed by atoms with Crippen LogP contribution in [0.5, 0.6) is 0 Å². The third kappa shape index (κ3) is 3.39. The molecule has 2 atom stereocenters. The number of hydrogen-bond donors (Lipinski definition) is 1. The molecular formula is C15H20F3N5O. The highest BCUT2D eigenvalue weighted by molar-refractivity contribution is 6.43. The molecular weight excluding hydrogens is 323 g/mol. The molecule has 0 aromatic rings. The number of aliphatic imine (C=N–C) groups is 2. The van der Waals surface area contributed by atoms with Gasteiger partial charge in [-0.15, -0.1) is 0 Å². The zero-order valence-corrected chi connectivity index (χ0v) is 13.4. The van der Waals surface area contributed by atoms with Crippen molar-refractivity contribution in [3.8, 4) is 0 Å². The molecule has 1 saturated heterocycles. The Balaban J connectivity index is 1.70. The largest absolute Gasteiger partial charge is 0.405 e. The number of carbonyl (C=O) groups excluding carboxylic acids is 1. The second-order valence-corrected chi connectivity index (χ2v) is 6.16. The molecule has 0 aromatic carbocycles. The molecule has 0 radical (unpaired) electrons. The van der Waals surface area contributed by atoms with E-state index in [1.54, 1.807) is 6.20 Å². The van der Waals surface area contributed by atoms with E-state index in [0.717, 1.165) is 24.5 Å². The van der Waals surface area contributed by atoms with E-state index >= 15 is 0 Å². The van der Waals surface area contributed by atoms with Gasteiger partial charge in [0.2, 0.25) is 0 Å². The number of nitrogens with one attached hydrogen (secondary N) is 1. The SMILES string of the molecule is CC[C@@H]1CN(C(=O)NCC(F)(F)F)C[C@@H]1C1=NC=CN2CCN=C12. The summed E-state index contributed by atoms with van der Waals surface area (Å²) in [7, 11) is 0. The van der Waals surface area contributed by atoms with E-state index in [-0.39, 0.29) is 11.8 Å². The Morgan fingerprint density at radius 2 is 2.21 bits per heavy atom. The van der Waals surface area contributed by atoms with Gasteiger partial charge in [-0.05, 0) is 5.92 Å². The maximum atomic E-state index is 12.3. The lowest BCUT2D eigenvalue weighted by atomic mass is 9.88. The summed E-state index contributed by atoms with van der Waals surface area (Å²) in [4.78, 5) is 24.4. The van der Waals surface area contributed by atoms with E-state index in [1.807, 2.05) is 23.3 Å². The van der Waals surface area contributed by atoms with Crippen molar-refractivity contribution in [1.29, 1.82) is 0 Å². The summed E-state index contributed by atoms with van der Waals surface area (Å²) in [5.41, 5.74) is 0.841. The zero-order chi connectivity index (χ0) is 17.3. The second kappa shape index (κ2) is 6.45. The molecule has 6 nitrogen and oxygen atoms in total. The average Bonchev–Trinajstić information content (AvgIpc) is 3.17. The summed E-state index contributed by atoms with van der Waals surface area (Å²) in [6.07, 6.45) is 0.0117. The van der Waals surface area contributed by atoms with Crippen molar-refractivity contribution < 1.29 is 18.0 Å². The molecule has 2 amide bonds. The molecule has 132 valence electrons. The number of carbonyl (C=O) groups is 1. The Hall–Kier alpha value is -2.06. The van der Waals surface area contributed by atoms with Gasteiger partial charge in [0.1, 0.15) is 12.4 Å². The number of rotatable bonds is 3. The number of likely N-dealkylation sites (tertiary alicyclic amines) is 1. The zero-order valence-electron chi connectivity index (χ0n) is 13.4. The molecule has 0 aliphatic carbocycles. The first-order valence-corrected chi connectivity index (χ1v) is 8.04. The van der Waals surface area contributed by atoms with Gasteiger partial charge in [-0.2, -0.15) is 13.2 Å². The van der Waals surface area contributed by atoms with E-state index in [0.29, 0.717) is 19.6 Å². The van der Waals surface area contributed by atoms with Crippen LogP contribution in [0.2, 0.25) is 0 Å². The van der Waals surface area contributed by atoms with Gasteiger partial charge in [0.25, 0.3) is 0 Å². The van der Waals surface area contributed by atoms with Gasteiger partial charge >= 0.3 is 12.2 Å². The number of hydrogen-bond acceptors (Lipinski definition) is 4. The minimum atomic E-state index is -4.41. The number of urea groups is 1. The van der Waals surface area contributed by atoms with Crippen molar-refractivity contribution in [2.24, 2.45) is 21.8 Å². The number of amidine groups is 1. The standard InChI is InChI=1S/C15H20F3N5O/c1-2-10-7-23(14(24)21-9-15(16,17)18)8-11(10)12-13-20-4-6-22(13)5-3-19-12/h3,5,10-11H,2,4,6-9H2,1H3,(H,21,24)/t10-,11+/m1/s1. The van der Waals surface area contributed by atoms with Crippen molar-refractivity contribution in [1.82, 2.24) is 15.1 Å². The predicted octanol–water partition coefficient (Wildman–Crippen LogP) is 1.86. The van der Waals surface area contributed by atoms with E-state index in [9.17, 15) is 18.0 Å². The van der Waals surface area contributed by atoms with Gasteiger partial charge in [-0.3, -0.25) is 9.98 Å². The number of amides is 2. The van der Waals surface area contributed by atoms with E-state index in [4.69, 9.17) is 0 Å². The molecule has 0 spiro atoms. The summed E-state index contributed by atoms with van der Waals surface area (Å²) in [5, 5.41) is 1.95. The van der Waals surface area contributed by atoms with Crippen LogP contribution in [-0.4, -0.2) is 66.3 Å². The number of alkyl halides is 3. The summed E-state index contributed by atoms with van der Waals surface area (Å²) in [6, 6.07) is -0.676. The van der Waals surface area contributed by atoms with Crippen LogP contribution in [-0.2, 0) is 0 Å². The van der Waals surface area contributed by atoms with Gasteiger partial charge in [-0.1, -0.05) is 13.3 Å². The van der Waals surface area contributed by atoms with Crippen LogP contribution in [0.4, 0.5) is 18.0 Å². The Morgan fingerprint density at radius 1 is 1.42 bits per heavy atom. The van der Waals surface area contributed by atoms with E-state index in [2.05, 4.69) is 9.98 Å². The summed E-state index contributed by atoms with van der Waals surface area (Å²) in [6.45, 7) is 3.01. The van der Waals surface area contributed by atoms with Crippen LogP contribution in [0.3, 0.4) is 0 Å². The first-order chi connectivity index (χ1) is 11.4. The van der Waals surface area contributed by atoms with Gasteiger partial charge in [0.05, 0.1) is 12.3 Å². The molecule has 24 heavy (non-hydrogen) atoms. The Kier molecular flexibility index (Phi) is 4.51. The maximum Gasteiger partial charge on any atom is 0.405 e. The van der Waals surface area contributed by atoms with E-state index in [1.165, 1.54) is 4.90 Å². The molecule has 0 saturated carbocycles. The van der Waals surface area contributed by atoms with Gasteiger partial charge in [0.15, 0.2) is 0 Å². The van der Waals surface area contributed by atoms with Crippen molar-refractivity contribution in [3.63, 3.8) is 0 Å². The molecule has 3 aliphatic rings. The summed E-state index contributed by atoms with van der Waals surface area (Å²) >= 11 is 0. The third-order valence-corrected chi connectivity index (χ3v) is 4.61. The van der Waals surface area contributed by atoms with Crippen LogP contribution in [0.1, 0.15) is 13.3 Å². The van der Waals surface area contributed by atoms with Gasteiger partial charge in [0, 0.05) is 38.0 Å². The predicted molar refractivity (Wildman–Crippen MR) is 83.9 cm³/mol. The molecule has 0 aromatic heterocycles. The fraction of sp³-hybridized carbons (Fsp3) is 0.667. The normalized spacial score (nSPS) is 26.3. The quantitative estimate of drug-likeness (QED) is 0.850. The fourth-order valence-corrected chi connectivity index (χ4v) is 3.40. The van der Waals surface area contributed by atoms with Crippen LogP contribution < -0.4 is 5.32 Å². The Morgan fingerprint density at radius 3 is 2.92 bits per heavy atom. The van der Waals surface area contributed by atoms with Gasteiger partial charge < -0.3 is 15.1 Å². The lowest BCUT2D eigenvalue weighted by molar-refractivity contribution is -0.123. The van der Waals surface area contributed by atoms with Crippen molar-refractivity contribution >= 4 is 17.6 Å². The third-order valence-electron chi connectivity index (χ3n) is 4.61. The van der Waals surface area contributed by atoms with Crippen LogP contribution in [0.15, 0.2) is 22.4 Å². The smallest absolute Gasteiger partial charge is 0.329 e. The highest BCUT2D eigenvalue weighted by Crippen LogP contribution is 2.30. The first kappa shape index (κ1) is 16.8. The lowest BCUT2D eigenvalue weighted by Crippen LogP contribution is -2.43. The molecule has 3 heterocycles. The van der Waals surface area contributed by atoms with Crippen LogP contribution in [0.25, 0.3) is 0 Å². The van der Waals surface area contributed by atoms with Crippen LogP contribution >= 0.6 is 0 Å². The highest BCUT2D eigenvalue weighted by Gasteiger charge is 2.41. The fourth-order valence-electron chi connectivity index (χ4n) is 3.40. The molecule has 1 fully saturated rings. The molecule has 0 unspecified atom stereocenters.